The van der Waals surface area contributed by atoms with Crippen LogP contribution in [0.15, 0.2) is 41.3 Å². The van der Waals surface area contributed by atoms with Crippen molar-refractivity contribution in [1.82, 2.24) is 4.90 Å². The Hall–Kier alpha value is -3.49. The van der Waals surface area contributed by atoms with Crippen LogP contribution in [0.5, 0.6) is 5.75 Å². The average Bonchev–Trinajstić information content (AvgIpc) is 3.30. The van der Waals surface area contributed by atoms with E-state index in [1.54, 1.807) is 19.2 Å². The standard InChI is InChI=1S/C30H33F3N4O4S2/c1-40-18-16-37-14-10-21(11-15-37)36-26-6-3-5-23-24(20-30(31,32)33)28(42-29(23)26)7-4-13-35-25-9-8-22(43(2,38)39)19-27(25)41-17-12-34/h3,5-6,8-9,19,21,35-36H,10-11,13-18,20H2,1-2H3. The largest absolute Gasteiger partial charge is 0.477 e. The Kier molecular flexibility index (Phi) is 10.8. The molecule has 13 heteroatoms. The number of anilines is 2. The number of nitrogens with one attached hydrogen (secondary N) is 2. The number of sulfone groups is 1. The molecule has 0 atom stereocenters. The van der Waals surface area contributed by atoms with Crippen LogP contribution in [-0.2, 0) is 21.0 Å². The summed E-state index contributed by atoms with van der Waals surface area (Å²) in [7, 11) is -1.82. The molecule has 2 heterocycles. The predicted octanol–water partition coefficient (Wildman–Crippen LogP) is 5.30. The number of hydrogen-bond donors (Lipinski definition) is 2. The molecule has 3 aromatic rings. The number of benzene rings is 2. The number of hydrogen-bond acceptors (Lipinski definition) is 9. The van der Waals surface area contributed by atoms with Crippen molar-refractivity contribution < 1.29 is 31.1 Å². The molecule has 0 saturated carbocycles. The zero-order chi connectivity index (χ0) is 31.0. The Morgan fingerprint density at radius 1 is 1.16 bits per heavy atom. The van der Waals surface area contributed by atoms with Crippen molar-refractivity contribution in [2.24, 2.45) is 0 Å². The molecule has 1 saturated heterocycles. The van der Waals surface area contributed by atoms with E-state index in [-0.39, 0.29) is 35.4 Å². The first kappa shape index (κ1) is 32.4. The van der Waals surface area contributed by atoms with Crippen LogP contribution >= 0.6 is 11.3 Å². The molecule has 1 fully saturated rings. The van der Waals surface area contributed by atoms with Crippen molar-refractivity contribution in [3.05, 3.63) is 46.8 Å². The second kappa shape index (κ2) is 14.3. The zero-order valence-corrected chi connectivity index (χ0v) is 25.5. The lowest BCUT2D eigenvalue weighted by Gasteiger charge is -2.32. The van der Waals surface area contributed by atoms with Gasteiger partial charge in [-0.3, -0.25) is 0 Å². The van der Waals surface area contributed by atoms with E-state index in [0.717, 1.165) is 49.1 Å². The predicted molar refractivity (Wildman–Crippen MR) is 163 cm³/mol. The Bertz CT molecular complexity index is 1630. The van der Waals surface area contributed by atoms with E-state index >= 15 is 0 Å². The summed E-state index contributed by atoms with van der Waals surface area (Å²) in [4.78, 5) is 2.71. The van der Waals surface area contributed by atoms with Crippen LogP contribution in [0, 0.1) is 23.2 Å². The third kappa shape index (κ3) is 9.00. The monoisotopic (exact) mass is 634 g/mol. The second-order valence-corrected chi connectivity index (χ2v) is 13.2. The van der Waals surface area contributed by atoms with Crippen LogP contribution < -0.4 is 15.4 Å². The average molecular weight is 635 g/mol. The number of methoxy groups -OCH3 is 1. The van der Waals surface area contributed by atoms with E-state index in [1.807, 2.05) is 12.1 Å². The summed E-state index contributed by atoms with van der Waals surface area (Å²) in [6, 6.07) is 11.6. The number of piperidine rings is 1. The molecule has 1 aliphatic rings. The normalized spacial score (nSPS) is 14.6. The highest BCUT2D eigenvalue weighted by atomic mass is 32.2. The van der Waals surface area contributed by atoms with E-state index in [0.29, 0.717) is 22.6 Å². The molecule has 8 nitrogen and oxygen atoms in total. The van der Waals surface area contributed by atoms with Gasteiger partial charge in [-0.15, -0.1) is 11.3 Å². The van der Waals surface area contributed by atoms with Gasteiger partial charge in [-0.25, -0.2) is 8.42 Å². The first-order chi connectivity index (χ1) is 20.5. The number of nitrogens with zero attached hydrogens (tertiary/aromatic N) is 2. The molecule has 2 aromatic carbocycles. The fourth-order valence-corrected chi connectivity index (χ4v) is 6.68. The molecule has 0 bridgehead atoms. The summed E-state index contributed by atoms with van der Waals surface area (Å²) in [5.41, 5.74) is 1.36. The fourth-order valence-electron chi connectivity index (χ4n) is 4.88. The van der Waals surface area contributed by atoms with Gasteiger partial charge >= 0.3 is 6.18 Å². The summed E-state index contributed by atoms with van der Waals surface area (Å²) in [6.45, 7) is 3.16. The summed E-state index contributed by atoms with van der Waals surface area (Å²) in [5, 5.41) is 16.0. The molecular formula is C30H33F3N4O4S2. The van der Waals surface area contributed by atoms with Gasteiger partial charge in [0.05, 0.1) is 45.4 Å². The molecule has 0 amide bonds. The van der Waals surface area contributed by atoms with E-state index in [1.165, 1.54) is 29.5 Å². The summed E-state index contributed by atoms with van der Waals surface area (Å²) in [6.07, 6.45) is -2.60. The van der Waals surface area contributed by atoms with Gasteiger partial charge in [-0.05, 0) is 42.0 Å². The Morgan fingerprint density at radius 3 is 2.60 bits per heavy atom. The minimum absolute atomic E-state index is 0.0280. The van der Waals surface area contributed by atoms with Crippen molar-refractivity contribution in [3.8, 4) is 23.7 Å². The molecule has 2 N–H and O–H groups in total. The van der Waals surface area contributed by atoms with Gasteiger partial charge in [0, 0.05) is 45.1 Å². The van der Waals surface area contributed by atoms with Crippen LogP contribution in [0.3, 0.4) is 0 Å². The molecule has 0 spiro atoms. The quantitative estimate of drug-likeness (QED) is 0.274. The van der Waals surface area contributed by atoms with Crippen molar-refractivity contribution in [3.63, 3.8) is 0 Å². The number of ether oxygens (including phenoxy) is 2. The number of nitriles is 1. The third-order valence-corrected chi connectivity index (χ3v) is 9.30. The molecule has 1 aliphatic heterocycles. The summed E-state index contributed by atoms with van der Waals surface area (Å²) < 4.78 is 76.0. The van der Waals surface area contributed by atoms with Crippen LogP contribution in [0.1, 0.15) is 23.3 Å². The minimum Gasteiger partial charge on any atom is -0.477 e. The first-order valence-electron chi connectivity index (χ1n) is 13.6. The highest BCUT2D eigenvalue weighted by molar-refractivity contribution is 7.90. The molecular weight excluding hydrogens is 601 g/mol. The van der Waals surface area contributed by atoms with E-state index in [2.05, 4.69) is 27.4 Å². The van der Waals surface area contributed by atoms with Crippen LogP contribution in [0.4, 0.5) is 24.5 Å². The Morgan fingerprint density at radius 2 is 1.93 bits per heavy atom. The minimum atomic E-state index is -4.41. The number of likely N-dealkylation sites (tertiary alicyclic amines) is 1. The number of rotatable bonds is 11. The van der Waals surface area contributed by atoms with Crippen LogP contribution in [0.2, 0.25) is 0 Å². The fraction of sp³-hybridized carbons (Fsp3) is 0.433. The molecule has 1 aromatic heterocycles. The van der Waals surface area contributed by atoms with Crippen molar-refractivity contribution >= 4 is 42.6 Å². The van der Waals surface area contributed by atoms with E-state index < -0.39 is 22.4 Å². The van der Waals surface area contributed by atoms with Crippen LogP contribution in [0.25, 0.3) is 10.1 Å². The lowest BCUT2D eigenvalue weighted by atomic mass is 10.0. The molecule has 4 rings (SSSR count). The maximum absolute atomic E-state index is 13.6. The van der Waals surface area contributed by atoms with Gasteiger partial charge in [0.25, 0.3) is 0 Å². The second-order valence-electron chi connectivity index (χ2n) is 10.2. The van der Waals surface area contributed by atoms with Gasteiger partial charge in [0.1, 0.15) is 11.8 Å². The molecule has 0 radical (unpaired) electrons. The summed E-state index contributed by atoms with van der Waals surface area (Å²) >= 11 is 1.24. The lowest BCUT2D eigenvalue weighted by molar-refractivity contribution is -0.126. The topological polar surface area (TPSA) is 104 Å². The number of alkyl halides is 3. The highest BCUT2D eigenvalue weighted by Gasteiger charge is 2.31. The maximum atomic E-state index is 13.6. The van der Waals surface area contributed by atoms with E-state index in [4.69, 9.17) is 14.7 Å². The first-order valence-corrected chi connectivity index (χ1v) is 16.3. The number of thiophene rings is 1. The number of halogens is 3. The van der Waals surface area contributed by atoms with E-state index in [9.17, 15) is 21.6 Å². The lowest BCUT2D eigenvalue weighted by Crippen LogP contribution is -2.40. The van der Waals surface area contributed by atoms with Gasteiger partial charge in [0.15, 0.2) is 16.4 Å². The molecule has 0 aliphatic carbocycles. The molecule has 0 unspecified atom stereocenters. The Labute approximate surface area is 253 Å². The number of fused-ring (bicyclic) bond motifs is 1. The van der Waals surface area contributed by atoms with Crippen molar-refractivity contribution in [1.29, 1.82) is 5.26 Å². The van der Waals surface area contributed by atoms with Crippen molar-refractivity contribution in [2.75, 3.05) is 63.4 Å². The summed E-state index contributed by atoms with van der Waals surface area (Å²) in [5.74, 6) is 5.97. The Balaban J connectivity index is 1.55. The molecule has 43 heavy (non-hydrogen) atoms. The maximum Gasteiger partial charge on any atom is 0.393 e. The zero-order valence-electron chi connectivity index (χ0n) is 23.9. The SMILES string of the molecule is COCCN1CCC(Nc2cccc3c(CC(F)(F)F)c(C#CCNc4ccc(S(C)(=O)=O)cc4OCC#N)sc23)CC1. The van der Waals surface area contributed by atoms with Gasteiger partial charge < -0.3 is 25.0 Å². The third-order valence-electron chi connectivity index (χ3n) is 7.00. The molecule has 230 valence electrons. The van der Waals surface area contributed by atoms with Gasteiger partial charge in [-0.2, -0.15) is 18.4 Å². The van der Waals surface area contributed by atoms with Crippen molar-refractivity contribution in [2.45, 2.75) is 36.4 Å². The smallest absolute Gasteiger partial charge is 0.393 e. The van der Waals surface area contributed by atoms with Crippen LogP contribution in [-0.4, -0.2) is 78.3 Å². The van der Waals surface area contributed by atoms with Gasteiger partial charge in [0.2, 0.25) is 0 Å². The highest BCUT2D eigenvalue weighted by Crippen LogP contribution is 2.39. The van der Waals surface area contributed by atoms with Gasteiger partial charge in [-0.1, -0.05) is 24.0 Å².